The largest absolute Gasteiger partial charge is 0.507 e. The molecule has 8 heteroatoms. The fourth-order valence-corrected chi connectivity index (χ4v) is 16.0. The first-order valence-electron chi connectivity index (χ1n) is 10.7. The van der Waals surface area contributed by atoms with Crippen LogP contribution in [0.15, 0.2) is 48.5 Å². The molecule has 0 aliphatic heterocycles. The van der Waals surface area contributed by atoms with Crippen LogP contribution in [0.3, 0.4) is 0 Å². The minimum atomic E-state index is -2.28. The average Bonchev–Trinajstić information content (AvgIpc) is 2.62. The number of aromatic hydroxyl groups is 1. The Kier molecular flexibility index (Phi) is 8.46. The van der Waals surface area contributed by atoms with Gasteiger partial charge in [-0.2, -0.15) is 0 Å². The molecule has 0 aliphatic carbocycles. The van der Waals surface area contributed by atoms with Crippen molar-refractivity contribution >= 4 is 31.0 Å². The van der Waals surface area contributed by atoms with E-state index in [9.17, 15) is 9.90 Å². The molecule has 0 heterocycles. The standard InChI is InChI=1S/C23H36O5Si3/c1-29(2,3)27-31(7,28-30(4,5)6)17-11-16-26-20-14-15-21(22(24)18-20)23(25)19-12-9-8-10-13-19/h8-10,12-15,18,24H,11,16-17H2,1-7H3. The Bertz CT molecular complexity index is 857. The summed E-state index contributed by atoms with van der Waals surface area (Å²) in [5, 5.41) is 10.3. The number of carbonyl (C=O) groups excluding carboxylic acids is 1. The zero-order valence-corrected chi connectivity index (χ0v) is 22.8. The minimum Gasteiger partial charge on any atom is -0.507 e. The Balaban J connectivity index is 1.97. The van der Waals surface area contributed by atoms with Crippen LogP contribution in [-0.4, -0.2) is 42.7 Å². The van der Waals surface area contributed by atoms with E-state index in [-0.39, 0.29) is 17.1 Å². The Labute approximate surface area is 189 Å². The molecule has 0 aromatic heterocycles. The van der Waals surface area contributed by atoms with Gasteiger partial charge in [0.25, 0.3) is 0 Å². The summed E-state index contributed by atoms with van der Waals surface area (Å²) in [7, 11) is -5.71. The molecule has 0 fully saturated rings. The maximum absolute atomic E-state index is 12.6. The van der Waals surface area contributed by atoms with Gasteiger partial charge in [-0.1, -0.05) is 30.3 Å². The Morgan fingerprint density at radius 3 is 1.97 bits per heavy atom. The molecule has 0 aliphatic rings. The molecule has 170 valence electrons. The van der Waals surface area contributed by atoms with Gasteiger partial charge in [-0.25, -0.2) is 0 Å². The quantitative estimate of drug-likeness (QED) is 0.239. The van der Waals surface area contributed by atoms with E-state index in [2.05, 4.69) is 45.8 Å². The van der Waals surface area contributed by atoms with Crippen LogP contribution >= 0.6 is 0 Å². The molecule has 0 amide bonds. The summed E-state index contributed by atoms with van der Waals surface area (Å²) < 4.78 is 18.9. The lowest BCUT2D eigenvalue weighted by atomic mass is 10.0. The number of rotatable bonds is 11. The third kappa shape index (κ3) is 8.74. The summed E-state index contributed by atoms with van der Waals surface area (Å²) in [6.45, 7) is 15.9. The van der Waals surface area contributed by atoms with E-state index < -0.39 is 25.2 Å². The van der Waals surface area contributed by atoms with E-state index in [1.165, 1.54) is 6.07 Å². The average molecular weight is 477 g/mol. The van der Waals surface area contributed by atoms with E-state index in [0.717, 1.165) is 12.5 Å². The number of hydrogen-bond acceptors (Lipinski definition) is 5. The predicted octanol–water partition coefficient (Wildman–Crippen LogP) is 6.17. The SMILES string of the molecule is C[Si](C)(C)O[Si](C)(CCCOc1ccc(C(=O)c2ccccc2)c(O)c1)O[Si](C)(C)C. The zero-order chi connectivity index (χ0) is 23.3. The second kappa shape index (κ2) is 10.3. The van der Waals surface area contributed by atoms with Crippen LogP contribution in [0.25, 0.3) is 0 Å². The molecule has 0 atom stereocenters. The lowest BCUT2D eigenvalue weighted by molar-refractivity contribution is 0.103. The molecule has 5 nitrogen and oxygen atoms in total. The van der Waals surface area contributed by atoms with Crippen LogP contribution in [0.5, 0.6) is 11.5 Å². The third-order valence-corrected chi connectivity index (χ3v) is 14.0. The molecule has 2 rings (SSSR count). The fraction of sp³-hybridized carbons (Fsp3) is 0.435. The van der Waals surface area contributed by atoms with Crippen LogP contribution in [-0.2, 0) is 8.23 Å². The van der Waals surface area contributed by atoms with Gasteiger partial charge in [0.15, 0.2) is 22.4 Å². The number of carbonyl (C=O) groups is 1. The molecule has 1 N–H and O–H groups in total. The molecule has 0 saturated carbocycles. The lowest BCUT2D eigenvalue weighted by Crippen LogP contribution is -2.52. The van der Waals surface area contributed by atoms with Crippen LogP contribution < -0.4 is 4.74 Å². The highest BCUT2D eigenvalue weighted by Gasteiger charge is 2.39. The van der Waals surface area contributed by atoms with Gasteiger partial charge in [-0.3, -0.25) is 4.79 Å². The van der Waals surface area contributed by atoms with Crippen LogP contribution in [0.4, 0.5) is 0 Å². The van der Waals surface area contributed by atoms with Gasteiger partial charge in [0.2, 0.25) is 0 Å². The normalized spacial score (nSPS) is 12.6. The number of ketones is 1. The molecule has 31 heavy (non-hydrogen) atoms. The first-order valence-corrected chi connectivity index (χ1v) is 20.1. The first-order chi connectivity index (χ1) is 14.3. The lowest BCUT2D eigenvalue weighted by Gasteiger charge is -2.38. The van der Waals surface area contributed by atoms with Crippen molar-refractivity contribution in [3.05, 3.63) is 59.7 Å². The number of benzene rings is 2. The molecule has 0 saturated heterocycles. The highest BCUT2D eigenvalue weighted by Crippen LogP contribution is 2.28. The van der Waals surface area contributed by atoms with Crippen molar-refractivity contribution in [1.82, 2.24) is 0 Å². The summed E-state index contributed by atoms with van der Waals surface area (Å²) in [6.07, 6.45) is 0.809. The number of phenols is 1. The molecule has 2 aromatic rings. The van der Waals surface area contributed by atoms with Crippen LogP contribution in [0.1, 0.15) is 22.3 Å². The van der Waals surface area contributed by atoms with Crippen molar-refractivity contribution in [2.75, 3.05) is 6.61 Å². The zero-order valence-electron chi connectivity index (χ0n) is 19.8. The molecule has 0 bridgehead atoms. The van der Waals surface area contributed by atoms with Gasteiger partial charge < -0.3 is 18.1 Å². The smallest absolute Gasteiger partial charge is 0.314 e. The maximum atomic E-state index is 12.6. The Morgan fingerprint density at radius 1 is 0.871 bits per heavy atom. The van der Waals surface area contributed by atoms with Crippen LogP contribution in [0, 0.1) is 0 Å². The van der Waals surface area contributed by atoms with Gasteiger partial charge in [0.05, 0.1) is 12.2 Å². The summed E-state index contributed by atoms with van der Waals surface area (Å²) in [5.74, 6) is 0.260. The van der Waals surface area contributed by atoms with Gasteiger partial charge in [-0.15, -0.1) is 0 Å². The monoisotopic (exact) mass is 476 g/mol. The molecule has 0 unspecified atom stereocenters. The van der Waals surface area contributed by atoms with E-state index >= 15 is 0 Å². The molecular weight excluding hydrogens is 441 g/mol. The molecule has 2 aromatic carbocycles. The highest BCUT2D eigenvalue weighted by molar-refractivity contribution is 6.87. The summed E-state index contributed by atoms with van der Waals surface area (Å²) in [6, 6.07) is 14.6. The fourth-order valence-electron chi connectivity index (χ4n) is 3.54. The highest BCUT2D eigenvalue weighted by atomic mass is 28.5. The van der Waals surface area contributed by atoms with Gasteiger partial charge in [0.1, 0.15) is 11.5 Å². The Morgan fingerprint density at radius 2 is 1.45 bits per heavy atom. The molecule has 0 spiro atoms. The van der Waals surface area contributed by atoms with Gasteiger partial charge >= 0.3 is 8.56 Å². The second-order valence-electron chi connectivity index (χ2n) is 9.89. The van der Waals surface area contributed by atoms with E-state index in [0.29, 0.717) is 17.9 Å². The van der Waals surface area contributed by atoms with Crippen LogP contribution in [0.2, 0.25) is 51.9 Å². The maximum Gasteiger partial charge on any atom is 0.314 e. The van der Waals surface area contributed by atoms with E-state index in [4.69, 9.17) is 13.0 Å². The van der Waals surface area contributed by atoms with Crippen molar-refractivity contribution in [2.24, 2.45) is 0 Å². The Hall–Kier alpha value is -1.72. The minimum absolute atomic E-state index is 0.0744. The predicted molar refractivity (Wildman–Crippen MR) is 133 cm³/mol. The summed E-state index contributed by atoms with van der Waals surface area (Å²) in [5.41, 5.74) is 0.811. The van der Waals surface area contributed by atoms with Crippen molar-refractivity contribution < 1.29 is 22.9 Å². The van der Waals surface area contributed by atoms with Gasteiger partial charge in [0, 0.05) is 11.6 Å². The molecular formula is C23H36O5Si3. The number of hydrogen-bond donors (Lipinski definition) is 1. The third-order valence-electron chi connectivity index (χ3n) is 4.34. The number of phenolic OH excluding ortho intramolecular Hbond substituents is 1. The first kappa shape index (κ1) is 25.5. The van der Waals surface area contributed by atoms with E-state index in [1.807, 2.05) is 6.07 Å². The van der Waals surface area contributed by atoms with Gasteiger partial charge in [-0.05, 0) is 70.4 Å². The molecule has 0 radical (unpaired) electrons. The van der Waals surface area contributed by atoms with Crippen molar-refractivity contribution in [3.8, 4) is 11.5 Å². The number of ether oxygens (including phenoxy) is 1. The summed E-state index contributed by atoms with van der Waals surface area (Å²) in [4.78, 5) is 12.6. The summed E-state index contributed by atoms with van der Waals surface area (Å²) >= 11 is 0. The topological polar surface area (TPSA) is 65.0 Å². The van der Waals surface area contributed by atoms with Crippen molar-refractivity contribution in [3.63, 3.8) is 0 Å². The second-order valence-corrected chi connectivity index (χ2v) is 22.7. The van der Waals surface area contributed by atoms with E-state index in [1.54, 1.807) is 36.4 Å². The van der Waals surface area contributed by atoms with Crippen molar-refractivity contribution in [1.29, 1.82) is 0 Å². The van der Waals surface area contributed by atoms with Crippen molar-refractivity contribution in [2.45, 2.75) is 58.3 Å².